The zero-order valence-corrected chi connectivity index (χ0v) is 19.6. The number of nitrogens with zero attached hydrogens (tertiary/aromatic N) is 1. The molecule has 1 unspecified atom stereocenters. The lowest BCUT2D eigenvalue weighted by atomic mass is 9.94. The molecule has 9 heteroatoms. The van der Waals surface area contributed by atoms with E-state index in [4.69, 9.17) is 4.42 Å². The Labute approximate surface area is 207 Å². The van der Waals surface area contributed by atoms with Gasteiger partial charge in [-0.15, -0.1) is 0 Å². The molecule has 1 saturated carbocycles. The van der Waals surface area contributed by atoms with E-state index in [0.29, 0.717) is 0 Å². The van der Waals surface area contributed by atoms with Crippen molar-refractivity contribution >= 4 is 23.4 Å². The van der Waals surface area contributed by atoms with E-state index in [0.717, 1.165) is 43.1 Å². The van der Waals surface area contributed by atoms with Crippen LogP contribution in [0.15, 0.2) is 71.3 Å². The van der Waals surface area contributed by atoms with E-state index in [2.05, 4.69) is 10.6 Å². The molecule has 1 aliphatic carbocycles. The lowest BCUT2D eigenvalue weighted by molar-refractivity contribution is -0.127. The number of benzene rings is 2. The van der Waals surface area contributed by atoms with Crippen molar-refractivity contribution in [3.05, 3.63) is 89.9 Å². The van der Waals surface area contributed by atoms with Crippen molar-refractivity contribution in [2.45, 2.75) is 44.2 Å². The first-order valence-electron chi connectivity index (χ1n) is 11.9. The van der Waals surface area contributed by atoms with Gasteiger partial charge in [-0.25, -0.2) is 8.78 Å². The lowest BCUT2D eigenvalue weighted by Crippen LogP contribution is -2.50. The molecule has 36 heavy (non-hydrogen) atoms. The van der Waals surface area contributed by atoms with Crippen LogP contribution in [-0.4, -0.2) is 30.3 Å². The van der Waals surface area contributed by atoms with Gasteiger partial charge in [0.15, 0.2) is 5.76 Å². The Kier molecular flexibility index (Phi) is 8.10. The number of anilines is 1. The zero-order valence-electron chi connectivity index (χ0n) is 19.6. The van der Waals surface area contributed by atoms with Gasteiger partial charge < -0.3 is 15.1 Å². The molecule has 2 N–H and O–H groups in total. The van der Waals surface area contributed by atoms with Crippen LogP contribution >= 0.6 is 0 Å². The summed E-state index contributed by atoms with van der Waals surface area (Å²) in [6, 6.07) is 12.3. The van der Waals surface area contributed by atoms with E-state index in [1.807, 2.05) is 0 Å². The summed E-state index contributed by atoms with van der Waals surface area (Å²) in [6.07, 6.45) is 5.81. The van der Waals surface area contributed by atoms with Crippen LogP contribution in [-0.2, 0) is 9.59 Å². The number of rotatable bonds is 8. The van der Waals surface area contributed by atoms with Gasteiger partial charge in [-0.1, -0.05) is 49.6 Å². The maximum atomic E-state index is 15.0. The SMILES string of the molecule is O=C(NCC(=O)N(c1ccccc1F)C(C(=O)NC1CCCCC1)c1ccccc1F)c1ccco1. The Morgan fingerprint density at radius 3 is 2.28 bits per heavy atom. The van der Waals surface area contributed by atoms with Gasteiger partial charge in [0.25, 0.3) is 5.91 Å². The summed E-state index contributed by atoms with van der Waals surface area (Å²) in [7, 11) is 0. The van der Waals surface area contributed by atoms with Gasteiger partial charge in [-0.2, -0.15) is 0 Å². The minimum atomic E-state index is -1.50. The molecule has 1 atom stereocenters. The standard InChI is InChI=1S/C27H27F2N3O4/c28-20-12-5-4-11-19(20)25(27(35)31-18-9-2-1-3-10-18)32(22-14-7-6-13-21(22)29)24(33)17-30-26(34)23-15-8-16-36-23/h4-8,11-16,18,25H,1-3,9-10,17H2,(H,30,34)(H,31,35). The summed E-state index contributed by atoms with van der Waals surface area (Å²) >= 11 is 0. The molecule has 1 aliphatic rings. The van der Waals surface area contributed by atoms with Crippen molar-refractivity contribution in [2.75, 3.05) is 11.4 Å². The zero-order chi connectivity index (χ0) is 25.5. The quantitative estimate of drug-likeness (QED) is 0.481. The molecule has 0 aliphatic heterocycles. The molecule has 1 aromatic heterocycles. The summed E-state index contributed by atoms with van der Waals surface area (Å²) in [4.78, 5) is 40.4. The molecule has 2 aromatic carbocycles. The fourth-order valence-corrected chi connectivity index (χ4v) is 4.42. The smallest absolute Gasteiger partial charge is 0.287 e. The second-order valence-corrected chi connectivity index (χ2v) is 8.64. The van der Waals surface area contributed by atoms with E-state index < -0.39 is 41.9 Å². The molecule has 1 fully saturated rings. The third-order valence-corrected chi connectivity index (χ3v) is 6.18. The maximum Gasteiger partial charge on any atom is 0.287 e. The number of carbonyl (C=O) groups excluding carboxylic acids is 3. The summed E-state index contributed by atoms with van der Waals surface area (Å²) in [6.45, 7) is -0.574. The Bertz CT molecular complexity index is 1210. The fourth-order valence-electron chi connectivity index (χ4n) is 4.42. The summed E-state index contributed by atoms with van der Waals surface area (Å²) < 4.78 is 35.1. The van der Waals surface area contributed by atoms with Gasteiger partial charge >= 0.3 is 0 Å². The molecule has 188 valence electrons. The van der Waals surface area contributed by atoms with Crippen molar-refractivity contribution in [3.63, 3.8) is 0 Å². The van der Waals surface area contributed by atoms with Gasteiger partial charge in [0.05, 0.1) is 18.5 Å². The first-order valence-corrected chi connectivity index (χ1v) is 11.9. The van der Waals surface area contributed by atoms with Gasteiger partial charge in [-0.05, 0) is 43.2 Å². The highest BCUT2D eigenvalue weighted by molar-refractivity contribution is 6.04. The highest BCUT2D eigenvalue weighted by Gasteiger charge is 2.36. The second-order valence-electron chi connectivity index (χ2n) is 8.64. The number of nitrogens with one attached hydrogen (secondary N) is 2. The third-order valence-electron chi connectivity index (χ3n) is 6.18. The normalized spacial score (nSPS) is 14.6. The minimum absolute atomic E-state index is 0.0130. The average molecular weight is 496 g/mol. The van der Waals surface area contributed by atoms with Crippen LogP contribution in [0, 0.1) is 11.6 Å². The third kappa shape index (κ3) is 5.79. The molecule has 0 saturated heterocycles. The predicted molar refractivity (Wildman–Crippen MR) is 129 cm³/mol. The molecule has 0 radical (unpaired) electrons. The number of carbonyl (C=O) groups is 3. The van der Waals surface area contributed by atoms with Crippen molar-refractivity contribution in [1.29, 1.82) is 0 Å². The molecule has 3 amide bonds. The van der Waals surface area contributed by atoms with Crippen LogP contribution in [0.1, 0.15) is 54.3 Å². The summed E-state index contributed by atoms with van der Waals surface area (Å²) in [5.74, 6) is -3.57. The largest absolute Gasteiger partial charge is 0.459 e. The Morgan fingerprint density at radius 2 is 1.61 bits per heavy atom. The predicted octanol–water partition coefficient (Wildman–Crippen LogP) is 4.51. The maximum absolute atomic E-state index is 15.0. The van der Waals surface area contributed by atoms with Crippen molar-refractivity contribution < 1.29 is 27.6 Å². The van der Waals surface area contributed by atoms with E-state index >= 15 is 4.39 Å². The first kappa shape index (κ1) is 25.1. The van der Waals surface area contributed by atoms with Crippen LogP contribution in [0.4, 0.5) is 14.5 Å². The second kappa shape index (κ2) is 11.6. The van der Waals surface area contributed by atoms with Gasteiger partial charge in [0, 0.05) is 11.6 Å². The van der Waals surface area contributed by atoms with Crippen molar-refractivity contribution in [1.82, 2.24) is 10.6 Å². The monoisotopic (exact) mass is 495 g/mol. The van der Waals surface area contributed by atoms with Crippen LogP contribution in [0.5, 0.6) is 0 Å². The molecular formula is C27H27F2N3O4. The lowest BCUT2D eigenvalue weighted by Gasteiger charge is -2.33. The van der Waals surface area contributed by atoms with Gasteiger partial charge in [0.2, 0.25) is 11.8 Å². The van der Waals surface area contributed by atoms with Crippen LogP contribution < -0.4 is 15.5 Å². The highest BCUT2D eigenvalue weighted by Crippen LogP contribution is 2.32. The van der Waals surface area contributed by atoms with Crippen LogP contribution in [0.25, 0.3) is 0 Å². The molecule has 4 rings (SSSR count). The summed E-state index contributed by atoms with van der Waals surface area (Å²) in [5, 5.41) is 5.36. The number of furan rings is 1. The van der Waals surface area contributed by atoms with Crippen LogP contribution in [0.2, 0.25) is 0 Å². The summed E-state index contributed by atoms with van der Waals surface area (Å²) in [5.41, 5.74) is -0.290. The Morgan fingerprint density at radius 1 is 0.917 bits per heavy atom. The number of halogens is 2. The van der Waals surface area contributed by atoms with E-state index in [-0.39, 0.29) is 23.1 Å². The molecule has 0 bridgehead atoms. The number of hydrogen-bond acceptors (Lipinski definition) is 4. The van der Waals surface area contributed by atoms with E-state index in [1.54, 1.807) is 6.07 Å². The Balaban J connectivity index is 1.70. The molecule has 3 aromatic rings. The minimum Gasteiger partial charge on any atom is -0.459 e. The number of amides is 3. The highest BCUT2D eigenvalue weighted by atomic mass is 19.1. The number of hydrogen-bond donors (Lipinski definition) is 2. The van der Waals surface area contributed by atoms with Gasteiger partial charge in [-0.3, -0.25) is 19.3 Å². The fraction of sp³-hybridized carbons (Fsp3) is 0.296. The topological polar surface area (TPSA) is 91.7 Å². The molecule has 0 spiro atoms. The van der Waals surface area contributed by atoms with Crippen LogP contribution in [0.3, 0.4) is 0 Å². The van der Waals surface area contributed by atoms with E-state index in [9.17, 15) is 18.8 Å². The average Bonchev–Trinajstić information content (AvgIpc) is 3.43. The molecule has 1 heterocycles. The van der Waals surface area contributed by atoms with Crippen molar-refractivity contribution in [3.8, 4) is 0 Å². The van der Waals surface area contributed by atoms with Crippen molar-refractivity contribution in [2.24, 2.45) is 0 Å². The Hall–Kier alpha value is -4.01. The molecular weight excluding hydrogens is 468 g/mol. The van der Waals surface area contributed by atoms with E-state index in [1.165, 1.54) is 54.8 Å². The number of para-hydroxylation sites is 1. The van der Waals surface area contributed by atoms with Gasteiger partial charge in [0.1, 0.15) is 17.7 Å². The first-order chi connectivity index (χ1) is 17.5. The molecule has 7 nitrogen and oxygen atoms in total.